The summed E-state index contributed by atoms with van der Waals surface area (Å²) >= 11 is 0. The van der Waals surface area contributed by atoms with Gasteiger partial charge in [-0.15, -0.1) is 0 Å². The third-order valence-corrected chi connectivity index (χ3v) is 5.06. The molecule has 0 atom stereocenters. The first-order valence-corrected chi connectivity index (χ1v) is 9.69. The largest absolute Gasteiger partial charge is 0.342 e. The van der Waals surface area contributed by atoms with E-state index >= 15 is 0 Å². The second-order valence-electron chi connectivity index (χ2n) is 7.42. The van der Waals surface area contributed by atoms with E-state index in [9.17, 15) is 9.59 Å². The Kier molecular flexibility index (Phi) is 12.2. The smallest absolute Gasteiger partial charge is 0.236 e. The van der Waals surface area contributed by atoms with Crippen LogP contribution in [-0.4, -0.2) is 43.3 Å². The van der Waals surface area contributed by atoms with E-state index in [1.54, 1.807) is 4.90 Å². The van der Waals surface area contributed by atoms with Crippen molar-refractivity contribution in [1.29, 1.82) is 5.26 Å². The summed E-state index contributed by atoms with van der Waals surface area (Å²) in [6.45, 7) is 9.98. The number of hydrogen-bond acceptors (Lipinski definition) is 4. The highest BCUT2D eigenvalue weighted by Gasteiger charge is 2.25. The van der Waals surface area contributed by atoms with Crippen LogP contribution in [0.5, 0.6) is 0 Å². The summed E-state index contributed by atoms with van der Waals surface area (Å²) in [5, 5.41) is 11.7. The van der Waals surface area contributed by atoms with E-state index in [1.807, 2.05) is 19.9 Å². The second kappa shape index (κ2) is 12.9. The minimum absolute atomic E-state index is 0.0498. The maximum atomic E-state index is 11.2. The standard InChI is InChI=1S/C9H12N2O2.C9H19N.C2H6/c10-4-1-9(13)11-5-2-8(7-12)3-6-11;1-9(2)6-4-8(10-3)5-7-9;1-2/h7-8H,1-3,5-6H2;8,10H,4-7H2,1-3H3;1-2H3. The zero-order chi connectivity index (χ0) is 19.3. The fraction of sp³-hybridized carbons (Fsp3) is 0.850. The molecule has 5 heteroatoms. The lowest BCUT2D eigenvalue weighted by atomic mass is 9.76. The Morgan fingerprint density at radius 2 is 1.72 bits per heavy atom. The first-order valence-electron chi connectivity index (χ1n) is 9.69. The van der Waals surface area contributed by atoms with Crippen LogP contribution in [0, 0.1) is 22.7 Å². The van der Waals surface area contributed by atoms with Gasteiger partial charge in [-0.1, -0.05) is 27.7 Å². The molecule has 2 fully saturated rings. The Bertz CT molecular complexity index is 411. The van der Waals surface area contributed by atoms with E-state index < -0.39 is 0 Å². The highest BCUT2D eigenvalue weighted by atomic mass is 16.2. The zero-order valence-electron chi connectivity index (χ0n) is 16.8. The zero-order valence-corrected chi connectivity index (χ0v) is 16.8. The highest BCUT2D eigenvalue weighted by Crippen LogP contribution is 2.34. The van der Waals surface area contributed by atoms with Crippen molar-refractivity contribution < 1.29 is 9.59 Å². The van der Waals surface area contributed by atoms with Crippen LogP contribution < -0.4 is 5.32 Å². The molecule has 0 spiro atoms. The number of nitrogens with zero attached hydrogens (tertiary/aromatic N) is 2. The van der Waals surface area contributed by atoms with E-state index in [1.165, 1.54) is 25.7 Å². The van der Waals surface area contributed by atoms with Gasteiger partial charge in [-0.05, 0) is 51.0 Å². The number of hydrogen-bond donors (Lipinski definition) is 1. The van der Waals surface area contributed by atoms with Gasteiger partial charge in [0.25, 0.3) is 0 Å². The Balaban J connectivity index is 0.000000430. The summed E-state index contributed by atoms with van der Waals surface area (Å²) in [5.41, 5.74) is 0.618. The molecule has 5 nitrogen and oxygen atoms in total. The van der Waals surface area contributed by atoms with Crippen molar-refractivity contribution in [2.45, 2.75) is 78.7 Å². The van der Waals surface area contributed by atoms with Crippen LogP contribution in [0.2, 0.25) is 0 Å². The molecule has 0 aromatic heterocycles. The van der Waals surface area contributed by atoms with Gasteiger partial charge in [-0.2, -0.15) is 5.26 Å². The maximum absolute atomic E-state index is 11.2. The van der Waals surface area contributed by atoms with Crippen LogP contribution in [0.4, 0.5) is 0 Å². The molecule has 0 bridgehead atoms. The highest BCUT2D eigenvalue weighted by molar-refractivity contribution is 5.78. The molecule has 25 heavy (non-hydrogen) atoms. The molecule has 1 saturated heterocycles. The Labute approximate surface area is 154 Å². The molecule has 1 saturated carbocycles. The summed E-state index contributed by atoms with van der Waals surface area (Å²) in [4.78, 5) is 23.3. The van der Waals surface area contributed by atoms with E-state index in [0.29, 0.717) is 18.5 Å². The minimum Gasteiger partial charge on any atom is -0.342 e. The summed E-state index contributed by atoms with van der Waals surface area (Å²) in [6.07, 6.45) is 7.88. The molecular formula is C20H37N3O2. The molecule has 0 aromatic carbocycles. The van der Waals surface area contributed by atoms with Gasteiger partial charge in [0.2, 0.25) is 5.91 Å². The Hall–Kier alpha value is -1.41. The van der Waals surface area contributed by atoms with Crippen LogP contribution >= 0.6 is 0 Å². The molecule has 0 aromatic rings. The van der Waals surface area contributed by atoms with E-state index in [0.717, 1.165) is 25.2 Å². The van der Waals surface area contributed by atoms with Crippen molar-refractivity contribution in [3.05, 3.63) is 0 Å². The SMILES string of the molecule is CC.CNC1CCC(C)(C)CC1.N#CCC(=O)N1CCC(C=O)CC1. The van der Waals surface area contributed by atoms with Crippen LogP contribution in [0.3, 0.4) is 0 Å². The van der Waals surface area contributed by atoms with Crippen molar-refractivity contribution in [2.75, 3.05) is 20.1 Å². The number of rotatable bonds is 3. The average Bonchev–Trinajstić information content (AvgIpc) is 2.64. The molecule has 1 heterocycles. The monoisotopic (exact) mass is 351 g/mol. The molecule has 0 unspecified atom stereocenters. The summed E-state index contributed by atoms with van der Waals surface area (Å²) < 4.78 is 0. The number of piperidine rings is 1. The van der Waals surface area contributed by atoms with Gasteiger partial charge in [-0.25, -0.2) is 0 Å². The molecule has 1 aliphatic carbocycles. The predicted octanol–water partition coefficient (Wildman–Crippen LogP) is 3.54. The number of nitrogens with one attached hydrogen (secondary N) is 1. The van der Waals surface area contributed by atoms with Gasteiger partial charge in [0.15, 0.2) is 0 Å². The fourth-order valence-electron chi connectivity index (χ4n) is 3.15. The summed E-state index contributed by atoms with van der Waals surface area (Å²) in [6, 6.07) is 2.63. The molecule has 1 aliphatic heterocycles. The molecule has 2 aliphatic rings. The number of aldehydes is 1. The molecule has 1 amide bonds. The number of carbonyl (C=O) groups excluding carboxylic acids is 2. The topological polar surface area (TPSA) is 73.2 Å². The molecule has 144 valence electrons. The summed E-state index contributed by atoms with van der Waals surface area (Å²) in [7, 11) is 2.07. The molecule has 1 N–H and O–H groups in total. The minimum atomic E-state index is -0.119. The molecular weight excluding hydrogens is 314 g/mol. The third kappa shape index (κ3) is 9.60. The number of amides is 1. The average molecular weight is 352 g/mol. The van der Waals surface area contributed by atoms with Crippen LogP contribution in [0.15, 0.2) is 0 Å². The Morgan fingerprint density at radius 1 is 1.20 bits per heavy atom. The van der Waals surface area contributed by atoms with Crippen LogP contribution in [-0.2, 0) is 9.59 Å². The first-order chi connectivity index (χ1) is 11.9. The van der Waals surface area contributed by atoms with Crippen molar-refractivity contribution in [3.8, 4) is 6.07 Å². The van der Waals surface area contributed by atoms with Crippen molar-refractivity contribution in [1.82, 2.24) is 10.2 Å². The van der Waals surface area contributed by atoms with Gasteiger partial charge >= 0.3 is 0 Å². The van der Waals surface area contributed by atoms with E-state index in [-0.39, 0.29) is 18.2 Å². The number of carbonyl (C=O) groups is 2. The van der Waals surface area contributed by atoms with Crippen molar-refractivity contribution in [2.24, 2.45) is 11.3 Å². The lowest BCUT2D eigenvalue weighted by Gasteiger charge is -2.33. The number of nitriles is 1. The fourth-order valence-corrected chi connectivity index (χ4v) is 3.15. The molecule has 0 radical (unpaired) electrons. The third-order valence-electron chi connectivity index (χ3n) is 5.06. The van der Waals surface area contributed by atoms with Gasteiger partial charge in [0.05, 0.1) is 6.07 Å². The van der Waals surface area contributed by atoms with Gasteiger partial charge in [0, 0.05) is 25.0 Å². The van der Waals surface area contributed by atoms with Crippen LogP contribution in [0.1, 0.15) is 72.6 Å². The van der Waals surface area contributed by atoms with Gasteiger partial charge in [0.1, 0.15) is 12.7 Å². The second-order valence-corrected chi connectivity index (χ2v) is 7.42. The van der Waals surface area contributed by atoms with Crippen molar-refractivity contribution >= 4 is 12.2 Å². The lowest BCUT2D eigenvalue weighted by molar-refractivity contribution is -0.132. The lowest BCUT2D eigenvalue weighted by Crippen LogP contribution is -2.38. The van der Waals surface area contributed by atoms with Gasteiger partial charge in [-0.3, -0.25) is 4.79 Å². The normalized spacial score (nSPS) is 20.2. The van der Waals surface area contributed by atoms with Crippen molar-refractivity contribution in [3.63, 3.8) is 0 Å². The van der Waals surface area contributed by atoms with E-state index in [4.69, 9.17) is 5.26 Å². The first kappa shape index (κ1) is 23.6. The maximum Gasteiger partial charge on any atom is 0.236 e. The number of likely N-dealkylation sites (tertiary alicyclic amines) is 1. The van der Waals surface area contributed by atoms with E-state index in [2.05, 4.69) is 26.2 Å². The molecule has 2 rings (SSSR count). The van der Waals surface area contributed by atoms with Gasteiger partial charge < -0.3 is 15.0 Å². The quantitative estimate of drug-likeness (QED) is 0.789. The van der Waals surface area contributed by atoms with Crippen LogP contribution in [0.25, 0.3) is 0 Å². The Morgan fingerprint density at radius 3 is 2.12 bits per heavy atom. The summed E-state index contributed by atoms with van der Waals surface area (Å²) in [5.74, 6) is -0.0158. The predicted molar refractivity (Wildman–Crippen MR) is 102 cm³/mol.